The van der Waals surface area contributed by atoms with E-state index in [4.69, 9.17) is 5.11 Å². The van der Waals surface area contributed by atoms with Crippen molar-refractivity contribution in [2.45, 2.75) is 6.18 Å². The summed E-state index contributed by atoms with van der Waals surface area (Å²) in [6.45, 7) is 0. The van der Waals surface area contributed by atoms with E-state index in [1.54, 1.807) is 0 Å². The van der Waals surface area contributed by atoms with Crippen molar-refractivity contribution in [2.24, 2.45) is 0 Å². The van der Waals surface area contributed by atoms with Gasteiger partial charge in [-0.1, -0.05) is 0 Å². The molecule has 0 aliphatic rings. The number of alkyl halides is 3. The highest BCUT2D eigenvalue weighted by Crippen LogP contribution is 2.36. The molecule has 9 heteroatoms. The molecule has 0 spiro atoms. The molecule has 0 atom stereocenters. The Labute approximate surface area is 123 Å². The minimum atomic E-state index is -4.75. The highest BCUT2D eigenvalue weighted by atomic mass is 79.9. The first-order valence-corrected chi connectivity index (χ1v) is 6.12. The number of carboxylic acids is 1. The Kier molecular flexibility index (Phi) is 3.95. The van der Waals surface area contributed by atoms with Crippen LogP contribution < -0.4 is 0 Å². The second kappa shape index (κ2) is 5.40. The maximum Gasteiger partial charge on any atom is 0.417 e. The summed E-state index contributed by atoms with van der Waals surface area (Å²) in [5, 5.41) is 8.90. The van der Waals surface area contributed by atoms with Gasteiger partial charge in [-0.25, -0.2) is 19.2 Å². The van der Waals surface area contributed by atoms with Crippen LogP contribution >= 0.6 is 15.9 Å². The Morgan fingerprint density at radius 3 is 2.52 bits per heavy atom. The van der Waals surface area contributed by atoms with Crippen LogP contribution in [0.1, 0.15) is 16.1 Å². The van der Waals surface area contributed by atoms with Gasteiger partial charge in [-0.3, -0.25) is 0 Å². The molecule has 0 amide bonds. The van der Waals surface area contributed by atoms with Gasteiger partial charge in [0, 0.05) is 11.8 Å². The number of hydrogen-bond donors (Lipinski definition) is 1. The first kappa shape index (κ1) is 15.4. The summed E-state index contributed by atoms with van der Waals surface area (Å²) in [7, 11) is 0. The highest BCUT2D eigenvalue weighted by molar-refractivity contribution is 9.10. The lowest BCUT2D eigenvalue weighted by atomic mass is 10.1. The van der Waals surface area contributed by atoms with Crippen LogP contribution in [0.4, 0.5) is 17.6 Å². The molecule has 0 unspecified atom stereocenters. The van der Waals surface area contributed by atoms with E-state index in [9.17, 15) is 22.4 Å². The third-order valence-electron chi connectivity index (χ3n) is 2.47. The molecule has 2 aromatic rings. The van der Waals surface area contributed by atoms with Crippen molar-refractivity contribution in [1.82, 2.24) is 9.97 Å². The number of halogens is 5. The van der Waals surface area contributed by atoms with Crippen LogP contribution in [0.3, 0.4) is 0 Å². The molecule has 0 saturated carbocycles. The number of benzene rings is 1. The van der Waals surface area contributed by atoms with E-state index in [2.05, 4.69) is 25.9 Å². The van der Waals surface area contributed by atoms with Gasteiger partial charge in [0.05, 0.1) is 10.0 Å². The van der Waals surface area contributed by atoms with Crippen molar-refractivity contribution in [3.8, 4) is 11.4 Å². The van der Waals surface area contributed by atoms with Crippen molar-refractivity contribution in [1.29, 1.82) is 0 Å². The van der Waals surface area contributed by atoms with Gasteiger partial charge in [-0.2, -0.15) is 13.2 Å². The van der Waals surface area contributed by atoms with E-state index in [0.717, 1.165) is 6.20 Å². The fraction of sp³-hybridized carbons (Fsp3) is 0.0833. The van der Waals surface area contributed by atoms with Crippen LogP contribution in [0, 0.1) is 5.82 Å². The molecule has 2 rings (SSSR count). The average Bonchev–Trinajstić information content (AvgIpc) is 2.37. The molecule has 0 aliphatic carbocycles. The summed E-state index contributed by atoms with van der Waals surface area (Å²) in [6, 6.07) is 1.82. The first-order valence-electron chi connectivity index (χ1n) is 5.33. The second-order valence-electron chi connectivity index (χ2n) is 3.88. The largest absolute Gasteiger partial charge is 0.476 e. The molecular weight excluding hydrogens is 360 g/mol. The number of aromatic nitrogens is 2. The maximum absolute atomic E-state index is 13.2. The number of rotatable bonds is 2. The molecule has 1 aromatic heterocycles. The fourth-order valence-corrected chi connectivity index (χ4v) is 1.96. The summed E-state index contributed by atoms with van der Waals surface area (Å²) in [5.74, 6) is -2.89. The Morgan fingerprint density at radius 1 is 1.29 bits per heavy atom. The van der Waals surface area contributed by atoms with Gasteiger partial charge >= 0.3 is 12.1 Å². The van der Waals surface area contributed by atoms with Gasteiger partial charge < -0.3 is 5.11 Å². The second-order valence-corrected chi connectivity index (χ2v) is 4.74. The molecule has 0 fully saturated rings. The SMILES string of the molecule is O=C(O)c1nc(-c2cc(F)ccc2C(F)(F)F)ncc1Br. The predicted octanol–water partition coefficient (Wildman–Crippen LogP) is 3.76. The Morgan fingerprint density at radius 2 is 1.95 bits per heavy atom. The van der Waals surface area contributed by atoms with Crippen LogP contribution in [-0.4, -0.2) is 21.0 Å². The third kappa shape index (κ3) is 3.18. The van der Waals surface area contributed by atoms with Gasteiger partial charge in [-0.15, -0.1) is 0 Å². The van der Waals surface area contributed by atoms with Crippen molar-refractivity contribution in [3.63, 3.8) is 0 Å². The summed E-state index contributed by atoms with van der Waals surface area (Å²) in [5.41, 5.74) is -2.29. The molecule has 0 aliphatic heterocycles. The number of carboxylic acid groups (broad SMARTS) is 1. The zero-order valence-corrected chi connectivity index (χ0v) is 11.5. The Hall–Kier alpha value is -2.03. The van der Waals surface area contributed by atoms with Gasteiger partial charge in [0.1, 0.15) is 5.82 Å². The van der Waals surface area contributed by atoms with Gasteiger partial charge in [-0.05, 0) is 34.1 Å². The molecule has 1 N–H and O–H groups in total. The van der Waals surface area contributed by atoms with Crippen LogP contribution in [0.15, 0.2) is 28.9 Å². The number of hydrogen-bond acceptors (Lipinski definition) is 3. The molecule has 0 radical (unpaired) electrons. The summed E-state index contributed by atoms with van der Waals surface area (Å²) < 4.78 is 51.9. The molecular formula is C12H5BrF4N2O2. The average molecular weight is 365 g/mol. The predicted molar refractivity (Wildman–Crippen MR) is 67.1 cm³/mol. The van der Waals surface area contributed by atoms with E-state index in [1.807, 2.05) is 0 Å². The van der Waals surface area contributed by atoms with Crippen LogP contribution in [0.5, 0.6) is 0 Å². The molecule has 0 saturated heterocycles. The molecule has 1 aromatic carbocycles. The summed E-state index contributed by atoms with van der Waals surface area (Å²) in [4.78, 5) is 18.1. The quantitative estimate of drug-likeness (QED) is 0.824. The smallest absolute Gasteiger partial charge is 0.417 e. The van der Waals surface area contributed by atoms with Crippen LogP contribution in [0.25, 0.3) is 11.4 Å². The molecule has 21 heavy (non-hydrogen) atoms. The Balaban J connectivity index is 2.69. The van der Waals surface area contributed by atoms with Crippen molar-refractivity contribution < 1.29 is 27.5 Å². The van der Waals surface area contributed by atoms with Crippen LogP contribution in [-0.2, 0) is 6.18 Å². The highest BCUT2D eigenvalue weighted by Gasteiger charge is 2.34. The number of carbonyl (C=O) groups is 1. The normalized spacial score (nSPS) is 11.5. The molecule has 110 valence electrons. The maximum atomic E-state index is 13.2. The lowest BCUT2D eigenvalue weighted by Crippen LogP contribution is -2.10. The minimum absolute atomic E-state index is 0.00344. The Bertz CT molecular complexity index is 719. The lowest BCUT2D eigenvalue weighted by Gasteiger charge is -2.12. The third-order valence-corrected chi connectivity index (χ3v) is 3.05. The lowest BCUT2D eigenvalue weighted by molar-refractivity contribution is -0.137. The monoisotopic (exact) mass is 364 g/mol. The number of aromatic carboxylic acids is 1. The van der Waals surface area contributed by atoms with Gasteiger partial charge in [0.15, 0.2) is 11.5 Å². The summed E-state index contributed by atoms with van der Waals surface area (Å²) >= 11 is 2.87. The van der Waals surface area contributed by atoms with E-state index in [-0.39, 0.29) is 4.47 Å². The van der Waals surface area contributed by atoms with E-state index in [1.165, 1.54) is 0 Å². The minimum Gasteiger partial charge on any atom is -0.476 e. The molecule has 1 heterocycles. The van der Waals surface area contributed by atoms with Gasteiger partial charge in [0.2, 0.25) is 0 Å². The molecule has 0 bridgehead atoms. The number of nitrogens with zero attached hydrogens (tertiary/aromatic N) is 2. The van der Waals surface area contributed by atoms with E-state index in [0.29, 0.717) is 18.2 Å². The standard InChI is InChI=1S/C12H5BrF4N2O2/c13-8-4-18-10(19-9(8)11(20)21)6-3-5(14)1-2-7(6)12(15,16)17/h1-4H,(H,20,21). The van der Waals surface area contributed by atoms with Crippen molar-refractivity contribution in [3.05, 3.63) is 45.9 Å². The topological polar surface area (TPSA) is 63.1 Å². The summed E-state index contributed by atoms with van der Waals surface area (Å²) in [6.07, 6.45) is -3.75. The van der Waals surface area contributed by atoms with Crippen molar-refractivity contribution in [2.75, 3.05) is 0 Å². The van der Waals surface area contributed by atoms with E-state index >= 15 is 0 Å². The van der Waals surface area contributed by atoms with Gasteiger partial charge in [0.25, 0.3) is 0 Å². The van der Waals surface area contributed by atoms with Crippen LogP contribution in [0.2, 0.25) is 0 Å². The fourth-order valence-electron chi connectivity index (χ4n) is 1.60. The first-order chi connectivity index (χ1) is 9.70. The zero-order valence-electron chi connectivity index (χ0n) is 9.95. The van der Waals surface area contributed by atoms with E-state index < -0.39 is 40.6 Å². The van der Waals surface area contributed by atoms with Crippen molar-refractivity contribution >= 4 is 21.9 Å². The zero-order chi connectivity index (χ0) is 15.8. The molecule has 4 nitrogen and oxygen atoms in total.